The van der Waals surface area contributed by atoms with Gasteiger partial charge in [-0.25, -0.2) is 0 Å². The second-order valence-corrected chi connectivity index (χ2v) is 2.04. The predicted octanol–water partition coefficient (Wildman–Crippen LogP) is 0.363. The predicted molar refractivity (Wildman–Crippen MR) is 38.7 cm³/mol. The van der Waals surface area contributed by atoms with E-state index in [-0.39, 0.29) is 0 Å². The van der Waals surface area contributed by atoms with Gasteiger partial charge in [0, 0.05) is 17.8 Å². The molecule has 2 rings (SSSR count). The van der Waals surface area contributed by atoms with Crippen LogP contribution >= 0.6 is 0 Å². The molecule has 0 atom stereocenters. The van der Waals surface area contributed by atoms with Crippen molar-refractivity contribution in [3.63, 3.8) is 0 Å². The van der Waals surface area contributed by atoms with Crippen LogP contribution in [-0.4, -0.2) is 22.7 Å². The second-order valence-electron chi connectivity index (χ2n) is 2.04. The normalized spacial score (nSPS) is 10.4. The maximum Gasteiger partial charge on any atom is 0.264 e. The minimum Gasteiger partial charge on any atom is -0.330 e. The first-order valence-electron chi connectivity index (χ1n) is 2.91. The van der Waals surface area contributed by atoms with Crippen LogP contribution in [0, 0.1) is 0 Å². The van der Waals surface area contributed by atoms with E-state index < -0.39 is 0 Å². The van der Waals surface area contributed by atoms with E-state index in [0.717, 1.165) is 10.9 Å². The molecule has 2 aromatic rings. The summed E-state index contributed by atoms with van der Waals surface area (Å²) in [5.41, 5.74) is 0.824. The highest BCUT2D eigenvalue weighted by Crippen LogP contribution is 2.06. The van der Waals surface area contributed by atoms with Crippen LogP contribution in [0.5, 0.6) is 0 Å². The SMILES string of the molecule is [B]n1cc2ccncc2n1. The smallest absolute Gasteiger partial charge is 0.264 e. The highest BCUT2D eigenvalue weighted by Gasteiger charge is 1.93. The highest BCUT2D eigenvalue weighted by atomic mass is 15.2. The van der Waals surface area contributed by atoms with Gasteiger partial charge in [0.15, 0.2) is 0 Å². The van der Waals surface area contributed by atoms with Crippen molar-refractivity contribution < 1.29 is 0 Å². The number of nitrogens with zero attached hydrogens (tertiary/aromatic N) is 3. The molecule has 10 heavy (non-hydrogen) atoms. The van der Waals surface area contributed by atoms with E-state index in [0.29, 0.717) is 0 Å². The number of hydrogen-bond acceptors (Lipinski definition) is 2. The van der Waals surface area contributed by atoms with Crippen molar-refractivity contribution in [1.29, 1.82) is 0 Å². The maximum absolute atomic E-state index is 5.37. The third-order valence-electron chi connectivity index (χ3n) is 1.33. The van der Waals surface area contributed by atoms with E-state index in [1.807, 2.05) is 6.07 Å². The van der Waals surface area contributed by atoms with Crippen molar-refractivity contribution in [3.8, 4) is 0 Å². The Morgan fingerprint density at radius 1 is 1.50 bits per heavy atom. The summed E-state index contributed by atoms with van der Waals surface area (Å²) in [6, 6.07) is 1.87. The summed E-state index contributed by atoms with van der Waals surface area (Å²) in [5, 5.41) is 4.96. The zero-order valence-electron chi connectivity index (χ0n) is 5.23. The Hall–Kier alpha value is -1.32. The van der Waals surface area contributed by atoms with Gasteiger partial charge in [-0.15, -0.1) is 0 Å². The molecule has 0 aliphatic heterocycles. The number of rotatable bonds is 0. The summed E-state index contributed by atoms with van der Waals surface area (Å²) in [4.78, 5) is 3.89. The van der Waals surface area contributed by atoms with E-state index in [2.05, 4.69) is 10.1 Å². The summed E-state index contributed by atoms with van der Waals surface area (Å²) in [7, 11) is 5.37. The third-order valence-corrected chi connectivity index (χ3v) is 1.33. The molecule has 2 radical (unpaired) electrons. The van der Waals surface area contributed by atoms with E-state index in [1.165, 1.54) is 4.59 Å². The average molecular weight is 129 g/mol. The van der Waals surface area contributed by atoms with Gasteiger partial charge in [-0.3, -0.25) is 4.98 Å². The zero-order valence-corrected chi connectivity index (χ0v) is 5.23. The fourth-order valence-electron chi connectivity index (χ4n) is 0.885. The van der Waals surface area contributed by atoms with Gasteiger partial charge >= 0.3 is 0 Å². The van der Waals surface area contributed by atoms with E-state index in [9.17, 15) is 0 Å². The van der Waals surface area contributed by atoms with Crippen LogP contribution in [0.2, 0.25) is 0 Å². The van der Waals surface area contributed by atoms with Crippen LogP contribution in [-0.2, 0) is 0 Å². The molecule has 46 valence electrons. The van der Waals surface area contributed by atoms with Crippen molar-refractivity contribution in [2.75, 3.05) is 0 Å². The minimum atomic E-state index is 0.824. The largest absolute Gasteiger partial charge is 0.330 e. The van der Waals surface area contributed by atoms with E-state index >= 15 is 0 Å². The molecule has 0 unspecified atom stereocenters. The number of pyridine rings is 1. The van der Waals surface area contributed by atoms with Crippen LogP contribution < -0.4 is 0 Å². The molecule has 0 aliphatic rings. The molecular weight excluding hydrogens is 125 g/mol. The van der Waals surface area contributed by atoms with E-state index in [1.54, 1.807) is 18.6 Å². The third kappa shape index (κ3) is 0.691. The summed E-state index contributed by atoms with van der Waals surface area (Å²) in [6.07, 6.45) is 5.14. The molecule has 0 spiro atoms. The molecular formula is C6H4BN3. The van der Waals surface area contributed by atoms with Crippen LogP contribution in [0.15, 0.2) is 24.7 Å². The van der Waals surface area contributed by atoms with Gasteiger partial charge in [0.1, 0.15) is 5.52 Å². The van der Waals surface area contributed by atoms with Crippen molar-refractivity contribution >= 4 is 18.9 Å². The second kappa shape index (κ2) is 1.83. The molecule has 0 fully saturated rings. The molecule has 0 N–H and O–H groups in total. The lowest BCUT2D eigenvalue weighted by molar-refractivity contribution is 1.01. The standard InChI is InChI=1S/C6H4BN3/c7-10-4-5-1-2-8-3-6(5)9-10/h1-4H. The Bertz CT molecular complexity index is 322. The Morgan fingerprint density at radius 2 is 2.40 bits per heavy atom. The van der Waals surface area contributed by atoms with Crippen molar-refractivity contribution in [2.24, 2.45) is 0 Å². The Kier molecular flexibility index (Phi) is 1.00. The van der Waals surface area contributed by atoms with Crippen LogP contribution in [0.3, 0.4) is 0 Å². The van der Waals surface area contributed by atoms with Gasteiger partial charge in [-0.2, -0.15) is 5.10 Å². The lowest BCUT2D eigenvalue weighted by atomic mass is 10.3. The summed E-state index contributed by atoms with van der Waals surface area (Å²) >= 11 is 0. The highest BCUT2D eigenvalue weighted by molar-refractivity contribution is 6.07. The number of aromatic nitrogens is 3. The van der Waals surface area contributed by atoms with Crippen molar-refractivity contribution in [1.82, 2.24) is 14.7 Å². The molecule has 0 saturated carbocycles. The zero-order chi connectivity index (χ0) is 6.97. The Balaban J connectivity index is 2.88. The molecule has 2 heterocycles. The fourth-order valence-corrected chi connectivity index (χ4v) is 0.885. The van der Waals surface area contributed by atoms with Gasteiger partial charge in [0.2, 0.25) is 0 Å². The van der Waals surface area contributed by atoms with Crippen molar-refractivity contribution in [3.05, 3.63) is 24.7 Å². The van der Waals surface area contributed by atoms with Gasteiger partial charge in [0.05, 0.1) is 6.20 Å². The fraction of sp³-hybridized carbons (Fsp3) is 0. The number of fused-ring (bicyclic) bond motifs is 1. The first kappa shape index (κ1) is 5.47. The van der Waals surface area contributed by atoms with Gasteiger partial charge in [-0.05, 0) is 6.07 Å². The topological polar surface area (TPSA) is 30.7 Å². The van der Waals surface area contributed by atoms with Crippen molar-refractivity contribution in [2.45, 2.75) is 0 Å². The molecule has 0 aliphatic carbocycles. The first-order chi connectivity index (χ1) is 4.86. The summed E-state index contributed by atoms with van der Waals surface area (Å²) < 4.78 is 1.28. The molecule has 4 heteroatoms. The molecule has 0 amide bonds. The van der Waals surface area contributed by atoms with Gasteiger partial charge < -0.3 is 4.59 Å². The lowest BCUT2D eigenvalue weighted by Crippen LogP contribution is -1.88. The average Bonchev–Trinajstić information content (AvgIpc) is 2.27. The molecule has 0 saturated heterocycles. The van der Waals surface area contributed by atoms with Crippen LogP contribution in [0.4, 0.5) is 0 Å². The molecule has 0 bridgehead atoms. The molecule has 3 nitrogen and oxygen atoms in total. The lowest BCUT2D eigenvalue weighted by Gasteiger charge is -1.80. The first-order valence-corrected chi connectivity index (χ1v) is 2.91. The van der Waals surface area contributed by atoms with E-state index in [4.69, 9.17) is 7.98 Å². The van der Waals surface area contributed by atoms with Gasteiger partial charge in [0.25, 0.3) is 7.98 Å². The summed E-state index contributed by atoms with van der Waals surface area (Å²) in [6.45, 7) is 0. The minimum absolute atomic E-state index is 0.824. The van der Waals surface area contributed by atoms with Crippen LogP contribution in [0.1, 0.15) is 0 Å². The monoisotopic (exact) mass is 129 g/mol. The van der Waals surface area contributed by atoms with Crippen LogP contribution in [0.25, 0.3) is 10.9 Å². The molecule has 2 aromatic heterocycles. The Morgan fingerprint density at radius 3 is 3.20 bits per heavy atom. The Labute approximate surface area is 59.1 Å². The summed E-state index contributed by atoms with van der Waals surface area (Å²) in [5.74, 6) is 0. The quantitative estimate of drug-likeness (QED) is 0.481. The molecule has 0 aromatic carbocycles. The maximum atomic E-state index is 5.37. The van der Waals surface area contributed by atoms with Gasteiger partial charge in [-0.1, -0.05) is 0 Å². The number of hydrogen-bond donors (Lipinski definition) is 0.